The van der Waals surface area contributed by atoms with Crippen LogP contribution in [0.4, 0.5) is 4.79 Å². The van der Waals surface area contributed by atoms with Crippen LogP contribution in [0.2, 0.25) is 5.15 Å². The van der Waals surface area contributed by atoms with Gasteiger partial charge in [0.15, 0.2) is 0 Å². The Bertz CT molecular complexity index is 618. The Hall–Kier alpha value is -1.21. The van der Waals surface area contributed by atoms with Crippen molar-refractivity contribution < 1.29 is 13.7 Å². The molecule has 1 aliphatic rings. The molecule has 6 nitrogen and oxygen atoms in total. The number of hydrogen-bond acceptors (Lipinski definition) is 5. The first kappa shape index (κ1) is 18.1. The largest absolute Gasteiger partial charge is 0.444 e. The summed E-state index contributed by atoms with van der Waals surface area (Å²) in [4.78, 5) is 21.8. The Kier molecular flexibility index (Phi) is 5.62. The molecule has 0 aliphatic carbocycles. The van der Waals surface area contributed by atoms with Gasteiger partial charge in [-0.2, -0.15) is 0 Å². The number of hydrogen-bond donors (Lipinski definition) is 0. The lowest BCUT2D eigenvalue weighted by molar-refractivity contribution is 0.0289. The van der Waals surface area contributed by atoms with Crippen molar-refractivity contribution in [1.29, 1.82) is 0 Å². The Balaban J connectivity index is 1.91. The van der Waals surface area contributed by atoms with Crippen LogP contribution in [-0.4, -0.2) is 49.6 Å². The third-order valence-electron chi connectivity index (χ3n) is 3.42. The monoisotopic (exact) mass is 359 g/mol. The average Bonchev–Trinajstić information content (AvgIpc) is 2.88. The number of halogens is 1. The number of carbonyl (C=O) groups is 1. The van der Waals surface area contributed by atoms with Gasteiger partial charge >= 0.3 is 6.09 Å². The van der Waals surface area contributed by atoms with Gasteiger partial charge in [0, 0.05) is 30.6 Å². The Morgan fingerprint density at radius 3 is 2.83 bits per heavy atom. The second-order valence-corrected chi connectivity index (χ2v) is 8.47. The zero-order valence-corrected chi connectivity index (χ0v) is 15.4. The summed E-state index contributed by atoms with van der Waals surface area (Å²) in [7, 11) is -1.32. The molecule has 1 saturated heterocycles. The van der Waals surface area contributed by atoms with Gasteiger partial charge in [-0.3, -0.25) is 4.21 Å². The van der Waals surface area contributed by atoms with Gasteiger partial charge in [-0.05, 0) is 40.0 Å². The van der Waals surface area contributed by atoms with Gasteiger partial charge in [0.25, 0.3) is 0 Å². The molecular formula is C15H22ClN3O3S. The molecule has 0 unspecified atom stereocenters. The molecule has 2 atom stereocenters. The van der Waals surface area contributed by atoms with Crippen LogP contribution >= 0.6 is 11.6 Å². The smallest absolute Gasteiger partial charge is 0.410 e. The second kappa shape index (κ2) is 7.13. The topological polar surface area (TPSA) is 72.4 Å². The molecule has 0 spiro atoms. The molecule has 2 heterocycles. The maximum absolute atomic E-state index is 12.4. The minimum absolute atomic E-state index is 0.145. The van der Waals surface area contributed by atoms with Crippen molar-refractivity contribution in [3.05, 3.63) is 16.9 Å². The molecule has 2 rings (SSSR count). The number of nitrogens with zero attached hydrogens (tertiary/aromatic N) is 3. The summed E-state index contributed by atoms with van der Waals surface area (Å²) >= 11 is 5.95. The van der Waals surface area contributed by atoms with Gasteiger partial charge in [-0.25, -0.2) is 14.8 Å². The second-order valence-electron chi connectivity index (χ2n) is 6.72. The van der Waals surface area contributed by atoms with E-state index in [1.54, 1.807) is 18.0 Å². The highest BCUT2D eigenvalue weighted by atomic mass is 35.5. The predicted molar refractivity (Wildman–Crippen MR) is 89.0 cm³/mol. The van der Waals surface area contributed by atoms with Gasteiger partial charge in [0.2, 0.25) is 5.16 Å². The van der Waals surface area contributed by atoms with E-state index in [0.29, 0.717) is 24.0 Å². The maximum Gasteiger partial charge on any atom is 0.410 e. The molecule has 8 heteroatoms. The van der Waals surface area contributed by atoms with Gasteiger partial charge in [-0.1, -0.05) is 11.6 Å². The molecule has 1 aliphatic heterocycles. The Labute approximate surface area is 144 Å². The fraction of sp³-hybridized carbons (Fsp3) is 0.667. The van der Waals surface area contributed by atoms with E-state index < -0.39 is 16.4 Å². The van der Waals surface area contributed by atoms with Crippen molar-refractivity contribution in [3.63, 3.8) is 0 Å². The minimum atomic E-state index is -1.32. The number of ether oxygens (including phenoxy) is 1. The molecule has 128 valence electrons. The van der Waals surface area contributed by atoms with E-state index in [2.05, 4.69) is 9.97 Å². The normalized spacial score (nSPS) is 19.7. The summed E-state index contributed by atoms with van der Waals surface area (Å²) in [5, 5.41) is 0.571. The van der Waals surface area contributed by atoms with Crippen molar-refractivity contribution in [2.24, 2.45) is 5.92 Å². The zero-order chi connectivity index (χ0) is 17.2. The molecule has 23 heavy (non-hydrogen) atoms. The zero-order valence-electron chi connectivity index (χ0n) is 13.8. The number of aryl methyl sites for hydroxylation is 1. The number of carbonyl (C=O) groups excluding carboxylic acids is 1. The molecule has 0 N–H and O–H groups in total. The van der Waals surface area contributed by atoms with Crippen LogP contribution in [0.25, 0.3) is 0 Å². The third-order valence-corrected chi connectivity index (χ3v) is 5.18. The van der Waals surface area contributed by atoms with Gasteiger partial charge in [-0.15, -0.1) is 0 Å². The van der Waals surface area contributed by atoms with Gasteiger partial charge < -0.3 is 9.64 Å². The minimum Gasteiger partial charge on any atom is -0.444 e. The first-order valence-corrected chi connectivity index (χ1v) is 9.21. The number of amides is 1. The first-order chi connectivity index (χ1) is 10.7. The summed E-state index contributed by atoms with van der Waals surface area (Å²) < 4.78 is 17.7. The molecule has 0 radical (unpaired) electrons. The first-order valence-electron chi connectivity index (χ1n) is 7.51. The highest BCUT2D eigenvalue weighted by Gasteiger charge is 2.31. The van der Waals surface area contributed by atoms with Crippen molar-refractivity contribution in [1.82, 2.24) is 14.9 Å². The average molecular weight is 360 g/mol. The van der Waals surface area contributed by atoms with E-state index in [1.807, 2.05) is 20.8 Å². The molecule has 1 fully saturated rings. The van der Waals surface area contributed by atoms with E-state index >= 15 is 0 Å². The summed E-state index contributed by atoms with van der Waals surface area (Å²) in [6, 6.07) is 0. The van der Waals surface area contributed by atoms with Gasteiger partial charge in [0.1, 0.15) is 10.8 Å². The summed E-state index contributed by atoms with van der Waals surface area (Å²) in [6.45, 7) is 8.47. The van der Waals surface area contributed by atoms with Crippen molar-refractivity contribution in [2.75, 3.05) is 18.8 Å². The standard InChI is InChI=1S/C15H22ClN3O3S/c1-10-7-17-13(18-12(10)16)23(21)9-11-5-6-19(8-11)14(20)22-15(2,3)4/h7,11H,5-6,8-9H2,1-4H3/t11-,23+/m1/s1. The summed E-state index contributed by atoms with van der Waals surface area (Å²) in [5.41, 5.74) is 0.245. The molecule has 1 aromatic heterocycles. The fourth-order valence-electron chi connectivity index (χ4n) is 2.27. The summed E-state index contributed by atoms with van der Waals surface area (Å²) in [5.74, 6) is 0.561. The van der Waals surface area contributed by atoms with Crippen LogP contribution in [0.1, 0.15) is 32.8 Å². The highest BCUT2D eigenvalue weighted by Crippen LogP contribution is 2.22. The lowest BCUT2D eigenvalue weighted by Crippen LogP contribution is -2.35. The van der Waals surface area contributed by atoms with Crippen molar-refractivity contribution in [2.45, 2.75) is 44.9 Å². The van der Waals surface area contributed by atoms with E-state index in [4.69, 9.17) is 16.3 Å². The van der Waals surface area contributed by atoms with Gasteiger partial charge in [0.05, 0.1) is 10.8 Å². The fourth-order valence-corrected chi connectivity index (χ4v) is 3.66. The quantitative estimate of drug-likeness (QED) is 0.613. The Morgan fingerprint density at radius 2 is 2.22 bits per heavy atom. The number of aromatic nitrogens is 2. The van der Waals surface area contributed by atoms with E-state index in [9.17, 15) is 9.00 Å². The van der Waals surface area contributed by atoms with E-state index in [1.165, 1.54) is 0 Å². The van der Waals surface area contributed by atoms with Crippen LogP contribution in [0.3, 0.4) is 0 Å². The number of rotatable bonds is 3. The highest BCUT2D eigenvalue weighted by molar-refractivity contribution is 7.84. The van der Waals surface area contributed by atoms with Crippen LogP contribution in [0.15, 0.2) is 11.4 Å². The molecule has 1 aromatic rings. The van der Waals surface area contributed by atoms with E-state index in [0.717, 1.165) is 12.0 Å². The molecule has 0 bridgehead atoms. The molecule has 0 aromatic carbocycles. The van der Waals surface area contributed by atoms with Crippen molar-refractivity contribution in [3.8, 4) is 0 Å². The molecule has 1 amide bonds. The Morgan fingerprint density at radius 1 is 1.52 bits per heavy atom. The lowest BCUT2D eigenvalue weighted by Gasteiger charge is -2.24. The van der Waals surface area contributed by atoms with Crippen LogP contribution in [0, 0.1) is 12.8 Å². The van der Waals surface area contributed by atoms with Crippen LogP contribution in [0.5, 0.6) is 0 Å². The SMILES string of the molecule is Cc1cnc([S@@](=O)C[C@@H]2CCN(C(=O)OC(C)(C)C)C2)nc1Cl. The predicted octanol–water partition coefficient (Wildman–Crippen LogP) is 2.80. The number of likely N-dealkylation sites (tertiary alicyclic amines) is 1. The lowest BCUT2D eigenvalue weighted by atomic mass is 10.2. The van der Waals surface area contributed by atoms with Crippen LogP contribution < -0.4 is 0 Å². The third kappa shape index (κ3) is 5.14. The van der Waals surface area contributed by atoms with Crippen LogP contribution in [-0.2, 0) is 15.5 Å². The molecular weight excluding hydrogens is 338 g/mol. The van der Waals surface area contributed by atoms with Crippen molar-refractivity contribution >= 4 is 28.5 Å². The maximum atomic E-state index is 12.4. The molecule has 0 saturated carbocycles. The summed E-state index contributed by atoms with van der Waals surface area (Å²) in [6.07, 6.45) is 2.05. The van der Waals surface area contributed by atoms with E-state index in [-0.39, 0.29) is 17.2 Å².